The second kappa shape index (κ2) is 8.79. The predicted molar refractivity (Wildman–Crippen MR) is 104 cm³/mol. The lowest BCUT2D eigenvalue weighted by molar-refractivity contribution is 0.0526. The number of nitrogens with one attached hydrogen (secondary N) is 1. The number of esters is 1. The summed E-state index contributed by atoms with van der Waals surface area (Å²) in [5.74, 6) is -0.462. The SMILES string of the molecule is CCOC(=O)c1ccc(S(=O)(=O)N2CCN(C(=S)NC(C)C)CC2)cc1. The molecule has 1 aliphatic rings. The molecule has 2 rings (SSSR count). The molecule has 1 aromatic carbocycles. The Bertz CT molecular complexity index is 740. The molecule has 0 saturated carbocycles. The summed E-state index contributed by atoms with van der Waals surface area (Å²) >= 11 is 5.34. The normalized spacial score (nSPS) is 15.8. The molecule has 1 saturated heterocycles. The third-order valence-corrected chi connectivity index (χ3v) is 6.23. The highest BCUT2D eigenvalue weighted by atomic mass is 32.2. The first kappa shape index (κ1) is 20.6. The second-order valence-electron chi connectivity index (χ2n) is 6.24. The lowest BCUT2D eigenvalue weighted by Crippen LogP contribution is -2.53. The van der Waals surface area contributed by atoms with E-state index < -0.39 is 16.0 Å². The third kappa shape index (κ3) is 4.93. The van der Waals surface area contributed by atoms with Gasteiger partial charge in [-0.05, 0) is 57.3 Å². The molecule has 1 fully saturated rings. The fraction of sp³-hybridized carbons (Fsp3) is 0.529. The Kier molecular flexibility index (Phi) is 6.96. The van der Waals surface area contributed by atoms with Crippen molar-refractivity contribution in [1.29, 1.82) is 0 Å². The average molecular weight is 400 g/mol. The van der Waals surface area contributed by atoms with Crippen LogP contribution in [0.15, 0.2) is 29.2 Å². The Morgan fingerprint density at radius 1 is 1.19 bits per heavy atom. The predicted octanol–water partition coefficient (Wildman–Crippen LogP) is 1.45. The highest BCUT2D eigenvalue weighted by Gasteiger charge is 2.29. The van der Waals surface area contributed by atoms with Crippen LogP contribution in [0.3, 0.4) is 0 Å². The van der Waals surface area contributed by atoms with E-state index in [1.807, 2.05) is 18.7 Å². The zero-order chi connectivity index (χ0) is 19.3. The lowest BCUT2D eigenvalue weighted by atomic mass is 10.2. The number of carbonyl (C=O) groups is 1. The van der Waals surface area contributed by atoms with E-state index in [1.165, 1.54) is 28.6 Å². The second-order valence-corrected chi connectivity index (χ2v) is 8.56. The molecule has 0 unspecified atom stereocenters. The standard InChI is InChI=1S/C17H25N3O4S2/c1-4-24-16(21)14-5-7-15(8-6-14)26(22,23)20-11-9-19(10-12-20)17(25)18-13(2)3/h5-8,13H,4,9-12H2,1-3H3,(H,18,25). The number of hydrogen-bond donors (Lipinski definition) is 1. The van der Waals surface area contributed by atoms with Crippen molar-refractivity contribution >= 4 is 33.3 Å². The Morgan fingerprint density at radius 3 is 2.27 bits per heavy atom. The van der Waals surface area contributed by atoms with E-state index in [0.717, 1.165) is 0 Å². The summed E-state index contributed by atoms with van der Waals surface area (Å²) in [7, 11) is -3.60. The van der Waals surface area contributed by atoms with Gasteiger partial charge in [-0.15, -0.1) is 0 Å². The van der Waals surface area contributed by atoms with Crippen LogP contribution < -0.4 is 5.32 Å². The molecule has 1 N–H and O–H groups in total. The zero-order valence-corrected chi connectivity index (χ0v) is 16.9. The monoisotopic (exact) mass is 399 g/mol. The molecule has 0 aliphatic carbocycles. The fourth-order valence-corrected chi connectivity index (χ4v) is 4.44. The van der Waals surface area contributed by atoms with Gasteiger partial charge in [0.15, 0.2) is 5.11 Å². The molecule has 7 nitrogen and oxygen atoms in total. The minimum atomic E-state index is -3.60. The van der Waals surface area contributed by atoms with Crippen molar-refractivity contribution < 1.29 is 17.9 Å². The van der Waals surface area contributed by atoms with Gasteiger partial charge >= 0.3 is 5.97 Å². The van der Waals surface area contributed by atoms with Crippen LogP contribution in [0.25, 0.3) is 0 Å². The molecule has 1 aromatic rings. The summed E-state index contributed by atoms with van der Waals surface area (Å²) in [6, 6.07) is 6.07. The summed E-state index contributed by atoms with van der Waals surface area (Å²) < 4.78 is 31.9. The van der Waals surface area contributed by atoms with Crippen LogP contribution in [0, 0.1) is 0 Å². The topological polar surface area (TPSA) is 79.0 Å². The molecular formula is C17H25N3O4S2. The van der Waals surface area contributed by atoms with Gasteiger partial charge in [0.05, 0.1) is 17.1 Å². The van der Waals surface area contributed by atoms with Crippen molar-refractivity contribution in [3.05, 3.63) is 29.8 Å². The number of carbonyl (C=O) groups excluding carboxylic acids is 1. The van der Waals surface area contributed by atoms with Crippen LogP contribution in [-0.2, 0) is 14.8 Å². The van der Waals surface area contributed by atoms with Crippen LogP contribution in [0.1, 0.15) is 31.1 Å². The van der Waals surface area contributed by atoms with E-state index in [2.05, 4.69) is 5.32 Å². The Morgan fingerprint density at radius 2 is 1.77 bits per heavy atom. The van der Waals surface area contributed by atoms with E-state index in [1.54, 1.807) is 6.92 Å². The smallest absolute Gasteiger partial charge is 0.338 e. The van der Waals surface area contributed by atoms with Crippen LogP contribution in [0.5, 0.6) is 0 Å². The van der Waals surface area contributed by atoms with Crippen molar-refractivity contribution in [3.63, 3.8) is 0 Å². The average Bonchev–Trinajstić information content (AvgIpc) is 2.61. The first-order valence-electron chi connectivity index (χ1n) is 8.58. The molecule has 0 radical (unpaired) electrons. The molecule has 9 heteroatoms. The van der Waals surface area contributed by atoms with Gasteiger partial charge in [-0.3, -0.25) is 0 Å². The maximum atomic E-state index is 12.8. The van der Waals surface area contributed by atoms with Gasteiger partial charge in [0.1, 0.15) is 0 Å². The molecule has 0 amide bonds. The number of hydrogen-bond acceptors (Lipinski definition) is 5. The van der Waals surface area contributed by atoms with E-state index >= 15 is 0 Å². The molecule has 0 aromatic heterocycles. The summed E-state index contributed by atoms with van der Waals surface area (Å²) in [6.45, 7) is 7.82. The summed E-state index contributed by atoms with van der Waals surface area (Å²) in [5.41, 5.74) is 0.334. The highest BCUT2D eigenvalue weighted by molar-refractivity contribution is 7.89. The van der Waals surface area contributed by atoms with Gasteiger partial charge in [-0.2, -0.15) is 4.31 Å². The van der Waals surface area contributed by atoms with E-state index in [4.69, 9.17) is 17.0 Å². The molecule has 1 heterocycles. The largest absolute Gasteiger partial charge is 0.462 e. The first-order valence-corrected chi connectivity index (χ1v) is 10.4. The number of rotatable bonds is 5. The Labute approximate surface area is 160 Å². The van der Waals surface area contributed by atoms with Gasteiger partial charge in [0, 0.05) is 32.2 Å². The Hall–Kier alpha value is -1.71. The highest BCUT2D eigenvalue weighted by Crippen LogP contribution is 2.19. The van der Waals surface area contributed by atoms with Gasteiger partial charge in [0.2, 0.25) is 10.0 Å². The molecule has 0 spiro atoms. The van der Waals surface area contributed by atoms with Crippen LogP contribution in [-0.4, -0.2) is 67.5 Å². The fourth-order valence-electron chi connectivity index (χ4n) is 2.60. The molecule has 0 atom stereocenters. The summed E-state index contributed by atoms with van der Waals surface area (Å²) in [6.07, 6.45) is 0. The lowest BCUT2D eigenvalue weighted by Gasteiger charge is -2.36. The van der Waals surface area contributed by atoms with E-state index in [0.29, 0.717) is 36.9 Å². The van der Waals surface area contributed by atoms with Gasteiger partial charge in [0.25, 0.3) is 0 Å². The summed E-state index contributed by atoms with van der Waals surface area (Å²) in [5, 5.41) is 3.82. The van der Waals surface area contributed by atoms with Crippen molar-refractivity contribution in [2.24, 2.45) is 0 Å². The quantitative estimate of drug-likeness (QED) is 0.593. The molecule has 144 valence electrons. The number of benzene rings is 1. The number of sulfonamides is 1. The van der Waals surface area contributed by atoms with Gasteiger partial charge in [-0.25, -0.2) is 13.2 Å². The van der Waals surface area contributed by atoms with Crippen molar-refractivity contribution in [2.45, 2.75) is 31.7 Å². The molecule has 0 bridgehead atoms. The van der Waals surface area contributed by atoms with Gasteiger partial charge in [-0.1, -0.05) is 0 Å². The minimum Gasteiger partial charge on any atom is -0.462 e. The Balaban J connectivity index is 2.03. The van der Waals surface area contributed by atoms with Crippen molar-refractivity contribution in [2.75, 3.05) is 32.8 Å². The first-order chi connectivity index (χ1) is 12.3. The van der Waals surface area contributed by atoms with Crippen LogP contribution in [0.4, 0.5) is 0 Å². The molecule has 26 heavy (non-hydrogen) atoms. The number of thiocarbonyl (C=S) groups is 1. The van der Waals surface area contributed by atoms with Crippen LogP contribution in [0.2, 0.25) is 0 Å². The zero-order valence-electron chi connectivity index (χ0n) is 15.3. The van der Waals surface area contributed by atoms with E-state index in [-0.39, 0.29) is 17.5 Å². The number of piperazine rings is 1. The van der Waals surface area contributed by atoms with Crippen molar-refractivity contribution in [3.8, 4) is 0 Å². The maximum Gasteiger partial charge on any atom is 0.338 e. The van der Waals surface area contributed by atoms with Crippen LogP contribution >= 0.6 is 12.2 Å². The molecule has 1 aliphatic heterocycles. The molecular weight excluding hydrogens is 374 g/mol. The number of nitrogens with zero attached hydrogens (tertiary/aromatic N) is 2. The summed E-state index contributed by atoms with van der Waals surface area (Å²) in [4.78, 5) is 13.8. The van der Waals surface area contributed by atoms with E-state index in [9.17, 15) is 13.2 Å². The number of ether oxygens (including phenoxy) is 1. The van der Waals surface area contributed by atoms with Crippen molar-refractivity contribution in [1.82, 2.24) is 14.5 Å². The maximum absolute atomic E-state index is 12.8. The minimum absolute atomic E-state index is 0.168. The third-order valence-electron chi connectivity index (χ3n) is 3.94. The van der Waals surface area contributed by atoms with Gasteiger partial charge < -0.3 is 15.0 Å².